The molecule has 124 valence electrons. The minimum Gasteiger partial charge on any atom is -0.484 e. The lowest BCUT2D eigenvalue weighted by molar-refractivity contribution is -0.142. The minimum absolute atomic E-state index is 0.182. The molecule has 2 amide bonds. The predicted molar refractivity (Wildman–Crippen MR) is 81.9 cm³/mol. The number of rotatable bonds is 7. The number of carbonyl (C=O) groups excluding carboxylic acids is 2. The van der Waals surface area contributed by atoms with Gasteiger partial charge in [0.2, 0.25) is 5.91 Å². The van der Waals surface area contributed by atoms with Crippen molar-refractivity contribution in [2.75, 3.05) is 13.2 Å². The molecule has 0 radical (unpaired) electrons. The van der Waals surface area contributed by atoms with Crippen molar-refractivity contribution in [3.8, 4) is 5.75 Å². The summed E-state index contributed by atoms with van der Waals surface area (Å²) >= 11 is 0. The van der Waals surface area contributed by atoms with E-state index in [9.17, 15) is 14.4 Å². The summed E-state index contributed by atoms with van der Waals surface area (Å²) in [7, 11) is 0. The molecule has 0 spiro atoms. The molecular formula is C16H20N2O5. The molecule has 23 heavy (non-hydrogen) atoms. The molecular weight excluding hydrogens is 300 g/mol. The zero-order chi connectivity index (χ0) is 16.7. The number of ether oxygens (including phenoxy) is 1. The van der Waals surface area contributed by atoms with Crippen LogP contribution in [0.4, 0.5) is 0 Å². The monoisotopic (exact) mass is 320 g/mol. The van der Waals surface area contributed by atoms with Gasteiger partial charge in [-0.2, -0.15) is 0 Å². The first-order valence-corrected chi connectivity index (χ1v) is 7.53. The van der Waals surface area contributed by atoms with Crippen LogP contribution in [0.2, 0.25) is 0 Å². The Balaban J connectivity index is 1.67. The van der Waals surface area contributed by atoms with Gasteiger partial charge in [-0.1, -0.05) is 24.6 Å². The molecule has 1 aliphatic carbocycles. The Kier molecular flexibility index (Phi) is 5.96. The van der Waals surface area contributed by atoms with Gasteiger partial charge in [0, 0.05) is 6.04 Å². The van der Waals surface area contributed by atoms with Crippen LogP contribution in [-0.4, -0.2) is 42.1 Å². The Labute approximate surface area is 134 Å². The second kappa shape index (κ2) is 8.17. The highest BCUT2D eigenvalue weighted by Gasteiger charge is 2.33. The largest absolute Gasteiger partial charge is 0.484 e. The molecule has 1 aromatic rings. The van der Waals surface area contributed by atoms with Crippen molar-refractivity contribution in [3.63, 3.8) is 0 Å². The molecule has 0 bridgehead atoms. The second-order valence-electron chi connectivity index (χ2n) is 5.43. The van der Waals surface area contributed by atoms with Crippen LogP contribution in [0.3, 0.4) is 0 Å². The summed E-state index contributed by atoms with van der Waals surface area (Å²) in [6, 6.07) is 8.52. The van der Waals surface area contributed by atoms with Crippen molar-refractivity contribution in [1.82, 2.24) is 10.6 Å². The molecule has 0 unspecified atom stereocenters. The van der Waals surface area contributed by atoms with Crippen molar-refractivity contribution in [1.29, 1.82) is 0 Å². The van der Waals surface area contributed by atoms with Crippen LogP contribution >= 0.6 is 0 Å². The number of nitrogens with one attached hydrogen (secondary N) is 2. The summed E-state index contributed by atoms with van der Waals surface area (Å²) in [6.07, 6.45) is 1.99. The highest BCUT2D eigenvalue weighted by molar-refractivity contribution is 5.86. The molecule has 2 atom stereocenters. The summed E-state index contributed by atoms with van der Waals surface area (Å²) in [5.74, 6) is -1.67. The topological polar surface area (TPSA) is 105 Å². The van der Waals surface area contributed by atoms with E-state index in [0.717, 1.165) is 6.42 Å². The van der Waals surface area contributed by atoms with E-state index in [0.29, 0.717) is 18.6 Å². The number of carboxylic acids is 1. The normalized spacial score (nSPS) is 19.8. The maximum absolute atomic E-state index is 11.8. The zero-order valence-electron chi connectivity index (χ0n) is 12.7. The first-order chi connectivity index (χ1) is 11.1. The number of carbonyl (C=O) groups is 3. The van der Waals surface area contributed by atoms with Crippen molar-refractivity contribution in [2.24, 2.45) is 5.92 Å². The van der Waals surface area contributed by atoms with Gasteiger partial charge in [0.15, 0.2) is 6.61 Å². The van der Waals surface area contributed by atoms with E-state index >= 15 is 0 Å². The van der Waals surface area contributed by atoms with Crippen LogP contribution in [0.5, 0.6) is 5.75 Å². The molecule has 1 aliphatic rings. The van der Waals surface area contributed by atoms with E-state index in [1.807, 2.05) is 6.07 Å². The summed E-state index contributed by atoms with van der Waals surface area (Å²) in [5, 5.41) is 14.2. The molecule has 1 aromatic carbocycles. The van der Waals surface area contributed by atoms with Crippen LogP contribution in [-0.2, 0) is 14.4 Å². The third kappa shape index (κ3) is 5.28. The zero-order valence-corrected chi connectivity index (χ0v) is 12.7. The van der Waals surface area contributed by atoms with E-state index < -0.39 is 23.7 Å². The first kappa shape index (κ1) is 16.8. The smallest absolute Gasteiger partial charge is 0.308 e. The highest BCUT2D eigenvalue weighted by Crippen LogP contribution is 2.25. The lowest BCUT2D eigenvalue weighted by Gasteiger charge is -2.17. The van der Waals surface area contributed by atoms with Crippen molar-refractivity contribution in [3.05, 3.63) is 30.3 Å². The summed E-state index contributed by atoms with van der Waals surface area (Å²) in [6.45, 7) is -0.377. The van der Waals surface area contributed by atoms with Gasteiger partial charge in [-0.3, -0.25) is 14.4 Å². The fourth-order valence-electron chi connectivity index (χ4n) is 2.58. The summed E-state index contributed by atoms with van der Waals surface area (Å²) < 4.78 is 5.26. The maximum Gasteiger partial charge on any atom is 0.308 e. The lowest BCUT2D eigenvalue weighted by atomic mass is 10.0. The van der Waals surface area contributed by atoms with Crippen molar-refractivity contribution < 1.29 is 24.2 Å². The Bertz CT molecular complexity index is 561. The van der Waals surface area contributed by atoms with Crippen molar-refractivity contribution >= 4 is 17.8 Å². The number of carboxylic acid groups (broad SMARTS) is 1. The minimum atomic E-state index is -0.895. The Morgan fingerprint density at radius 3 is 2.57 bits per heavy atom. The van der Waals surface area contributed by atoms with E-state index in [2.05, 4.69) is 10.6 Å². The number of benzene rings is 1. The fraction of sp³-hybridized carbons (Fsp3) is 0.438. The molecule has 2 rings (SSSR count). The quantitative estimate of drug-likeness (QED) is 0.680. The average molecular weight is 320 g/mol. The molecule has 1 saturated carbocycles. The summed E-state index contributed by atoms with van der Waals surface area (Å²) in [5.41, 5.74) is 0. The van der Waals surface area contributed by atoms with E-state index in [1.54, 1.807) is 24.3 Å². The highest BCUT2D eigenvalue weighted by atomic mass is 16.5. The molecule has 0 saturated heterocycles. The van der Waals surface area contributed by atoms with E-state index in [-0.39, 0.29) is 19.2 Å². The first-order valence-electron chi connectivity index (χ1n) is 7.53. The number of hydrogen-bond donors (Lipinski definition) is 3. The Morgan fingerprint density at radius 1 is 1.13 bits per heavy atom. The Hall–Kier alpha value is -2.57. The molecule has 0 heterocycles. The second-order valence-corrected chi connectivity index (χ2v) is 5.43. The average Bonchev–Trinajstić information content (AvgIpc) is 3.00. The van der Waals surface area contributed by atoms with Crippen LogP contribution in [0.1, 0.15) is 19.3 Å². The molecule has 1 fully saturated rings. The number of amides is 2. The van der Waals surface area contributed by atoms with Crippen LogP contribution in [0.15, 0.2) is 30.3 Å². The van der Waals surface area contributed by atoms with Gasteiger partial charge in [-0.25, -0.2) is 0 Å². The number of aliphatic carboxylic acids is 1. The molecule has 0 aromatic heterocycles. The Morgan fingerprint density at radius 2 is 1.87 bits per heavy atom. The van der Waals surface area contributed by atoms with Gasteiger partial charge in [0.1, 0.15) is 5.75 Å². The standard InChI is InChI=1S/C16H20N2O5/c19-14(18-13-8-4-7-12(13)16(21)22)9-17-15(20)10-23-11-5-2-1-3-6-11/h1-3,5-6,12-13H,4,7-10H2,(H,17,20)(H,18,19)(H,21,22)/t12-,13+/m1/s1. The molecule has 3 N–H and O–H groups in total. The van der Waals surface area contributed by atoms with Gasteiger partial charge < -0.3 is 20.5 Å². The molecule has 7 nitrogen and oxygen atoms in total. The number of hydrogen-bond acceptors (Lipinski definition) is 4. The predicted octanol–water partition coefficient (Wildman–Crippen LogP) is 0.551. The summed E-state index contributed by atoms with van der Waals surface area (Å²) in [4.78, 5) is 34.4. The fourth-order valence-corrected chi connectivity index (χ4v) is 2.58. The maximum atomic E-state index is 11.8. The molecule has 0 aliphatic heterocycles. The van der Waals surface area contributed by atoms with Gasteiger partial charge in [-0.15, -0.1) is 0 Å². The van der Waals surface area contributed by atoms with Crippen LogP contribution in [0, 0.1) is 5.92 Å². The SMILES string of the molecule is O=C(COc1ccccc1)NCC(=O)N[C@H]1CCC[C@H]1C(=O)O. The lowest BCUT2D eigenvalue weighted by Crippen LogP contribution is -2.45. The van der Waals surface area contributed by atoms with Gasteiger partial charge >= 0.3 is 5.97 Å². The third-order valence-corrected chi connectivity index (χ3v) is 3.74. The van der Waals surface area contributed by atoms with E-state index in [1.165, 1.54) is 0 Å². The van der Waals surface area contributed by atoms with E-state index in [4.69, 9.17) is 9.84 Å². The molecule has 7 heteroatoms. The van der Waals surface area contributed by atoms with Crippen molar-refractivity contribution in [2.45, 2.75) is 25.3 Å². The van der Waals surface area contributed by atoms with Crippen LogP contribution < -0.4 is 15.4 Å². The van der Waals surface area contributed by atoms with Gasteiger partial charge in [0.05, 0.1) is 12.5 Å². The van der Waals surface area contributed by atoms with Crippen LogP contribution in [0.25, 0.3) is 0 Å². The number of para-hydroxylation sites is 1. The van der Waals surface area contributed by atoms with Gasteiger partial charge in [-0.05, 0) is 25.0 Å². The van der Waals surface area contributed by atoms with Gasteiger partial charge in [0.25, 0.3) is 5.91 Å². The third-order valence-electron chi connectivity index (χ3n) is 3.74.